The van der Waals surface area contributed by atoms with Crippen LogP contribution >= 0.6 is 11.3 Å². The van der Waals surface area contributed by atoms with Gasteiger partial charge in [-0.25, -0.2) is 18.1 Å². The molecule has 0 aliphatic rings. The van der Waals surface area contributed by atoms with E-state index in [0.717, 1.165) is 17.1 Å². The van der Waals surface area contributed by atoms with Crippen LogP contribution in [0.25, 0.3) is 0 Å². The molecule has 2 N–H and O–H groups in total. The summed E-state index contributed by atoms with van der Waals surface area (Å²) < 4.78 is 28.8. The maximum atomic E-state index is 12.3. The average Bonchev–Trinajstić information content (AvgIpc) is 3.04. The third-order valence-corrected chi connectivity index (χ3v) is 5.31. The first kappa shape index (κ1) is 16.2. The van der Waals surface area contributed by atoms with E-state index in [2.05, 4.69) is 9.71 Å². The number of aliphatic hydroxyl groups excluding tert-OH is 1. The number of sulfonamides is 1. The van der Waals surface area contributed by atoms with Crippen LogP contribution in [-0.4, -0.2) is 23.1 Å². The summed E-state index contributed by atoms with van der Waals surface area (Å²) in [7, 11) is -3.59. The summed E-state index contributed by atoms with van der Waals surface area (Å²) in [6.07, 6.45) is 2.43. The first-order valence-electron chi connectivity index (χ1n) is 6.67. The summed E-state index contributed by atoms with van der Waals surface area (Å²) in [6.45, 7) is 4.54. The molecule has 6 nitrogen and oxygen atoms in total. The van der Waals surface area contributed by atoms with Crippen molar-refractivity contribution in [3.63, 3.8) is 0 Å². The number of aryl methyl sites for hydroxylation is 2. The highest BCUT2D eigenvalue weighted by molar-refractivity contribution is 7.89. The summed E-state index contributed by atoms with van der Waals surface area (Å²) in [4.78, 5) is 4.40. The fraction of sp³-hybridized carbons (Fsp3) is 0.462. The molecule has 0 aliphatic carbocycles. The summed E-state index contributed by atoms with van der Waals surface area (Å²) >= 11 is 1.42. The van der Waals surface area contributed by atoms with E-state index in [0.29, 0.717) is 12.2 Å². The smallest absolute Gasteiger partial charge is 0.242 e. The van der Waals surface area contributed by atoms with Gasteiger partial charge in [-0.1, -0.05) is 6.92 Å². The van der Waals surface area contributed by atoms with Gasteiger partial charge in [0, 0.05) is 29.5 Å². The number of aromatic nitrogens is 2. The Morgan fingerprint density at radius 3 is 2.81 bits per heavy atom. The van der Waals surface area contributed by atoms with Crippen molar-refractivity contribution in [2.75, 3.05) is 0 Å². The molecular weight excluding hydrogens is 310 g/mol. The van der Waals surface area contributed by atoms with E-state index >= 15 is 0 Å². The van der Waals surface area contributed by atoms with E-state index < -0.39 is 10.0 Å². The molecule has 0 fully saturated rings. The number of aliphatic hydroxyl groups is 1. The Labute approximate surface area is 128 Å². The summed E-state index contributed by atoms with van der Waals surface area (Å²) in [5, 5.41) is 11.9. The van der Waals surface area contributed by atoms with Crippen molar-refractivity contribution in [2.24, 2.45) is 0 Å². The van der Waals surface area contributed by atoms with Crippen LogP contribution in [-0.2, 0) is 29.7 Å². The molecule has 0 radical (unpaired) electrons. The average molecular weight is 329 g/mol. The highest BCUT2D eigenvalue weighted by Gasteiger charge is 2.18. The molecular formula is C13H19N3O3S2. The predicted octanol–water partition coefficient (Wildman–Crippen LogP) is 1.63. The van der Waals surface area contributed by atoms with Gasteiger partial charge in [0.1, 0.15) is 5.01 Å². The van der Waals surface area contributed by atoms with Crippen molar-refractivity contribution in [3.8, 4) is 0 Å². The van der Waals surface area contributed by atoms with E-state index in [1.165, 1.54) is 17.4 Å². The third kappa shape index (κ3) is 3.91. The van der Waals surface area contributed by atoms with E-state index in [4.69, 9.17) is 0 Å². The Bertz CT molecular complexity index is 704. The molecule has 116 valence electrons. The number of hydrogen-bond donors (Lipinski definition) is 2. The van der Waals surface area contributed by atoms with E-state index in [9.17, 15) is 13.5 Å². The second-order valence-corrected chi connectivity index (χ2v) is 7.44. The molecule has 0 unspecified atom stereocenters. The molecule has 0 aliphatic heterocycles. The van der Waals surface area contributed by atoms with Gasteiger partial charge >= 0.3 is 0 Å². The minimum atomic E-state index is -3.59. The van der Waals surface area contributed by atoms with Gasteiger partial charge in [-0.3, -0.25) is 0 Å². The van der Waals surface area contributed by atoms with Crippen LogP contribution in [0.5, 0.6) is 0 Å². The largest absolute Gasteiger partial charge is 0.390 e. The Kier molecular flexibility index (Phi) is 5.15. The summed E-state index contributed by atoms with van der Waals surface area (Å²) in [5.74, 6) is 0. The monoisotopic (exact) mass is 329 g/mol. The molecule has 0 saturated heterocycles. The van der Waals surface area contributed by atoms with Crippen LogP contribution in [0.4, 0.5) is 0 Å². The molecule has 0 spiro atoms. The lowest BCUT2D eigenvalue weighted by Gasteiger charge is -2.04. The molecule has 21 heavy (non-hydrogen) atoms. The van der Waals surface area contributed by atoms with Crippen molar-refractivity contribution < 1.29 is 13.5 Å². The number of thiazole rings is 1. The molecule has 8 heteroatoms. The Morgan fingerprint density at radius 1 is 1.48 bits per heavy atom. The van der Waals surface area contributed by atoms with Crippen molar-refractivity contribution >= 4 is 21.4 Å². The topological polar surface area (TPSA) is 84.2 Å². The quantitative estimate of drug-likeness (QED) is 0.809. The third-order valence-electron chi connectivity index (χ3n) is 2.98. The first-order valence-corrected chi connectivity index (χ1v) is 9.03. The van der Waals surface area contributed by atoms with Gasteiger partial charge in [-0.15, -0.1) is 11.3 Å². The minimum Gasteiger partial charge on any atom is -0.390 e. The zero-order chi connectivity index (χ0) is 15.5. The lowest BCUT2D eigenvalue weighted by molar-refractivity contribution is 0.270. The summed E-state index contributed by atoms with van der Waals surface area (Å²) in [5.41, 5.74) is 1.48. The fourth-order valence-electron chi connectivity index (χ4n) is 1.98. The van der Waals surface area contributed by atoms with Crippen molar-refractivity contribution in [1.29, 1.82) is 0 Å². The summed E-state index contributed by atoms with van der Waals surface area (Å²) in [6, 6.07) is 1.51. The van der Waals surface area contributed by atoms with Gasteiger partial charge in [0.05, 0.1) is 18.0 Å². The van der Waals surface area contributed by atoms with Crippen molar-refractivity contribution in [1.82, 2.24) is 14.3 Å². The van der Waals surface area contributed by atoms with Crippen molar-refractivity contribution in [2.45, 2.75) is 44.9 Å². The zero-order valence-corrected chi connectivity index (χ0v) is 13.7. The molecule has 2 aromatic heterocycles. The van der Waals surface area contributed by atoms with E-state index in [1.807, 2.05) is 19.2 Å². The highest BCUT2D eigenvalue weighted by Crippen LogP contribution is 2.16. The molecule has 0 amide bonds. The number of nitrogens with one attached hydrogen (secondary N) is 1. The maximum absolute atomic E-state index is 12.3. The molecule has 2 rings (SSSR count). The highest BCUT2D eigenvalue weighted by atomic mass is 32.2. The Hall–Kier alpha value is -1.22. The van der Waals surface area contributed by atoms with Gasteiger partial charge in [-0.2, -0.15) is 0 Å². The van der Waals surface area contributed by atoms with Crippen LogP contribution in [0.2, 0.25) is 0 Å². The van der Waals surface area contributed by atoms with Crippen LogP contribution < -0.4 is 4.72 Å². The van der Waals surface area contributed by atoms with Crippen LogP contribution in [0, 0.1) is 6.92 Å². The van der Waals surface area contributed by atoms with Crippen LogP contribution in [0.15, 0.2) is 22.5 Å². The van der Waals surface area contributed by atoms with Gasteiger partial charge in [0.15, 0.2) is 0 Å². The first-order chi connectivity index (χ1) is 9.96. The predicted molar refractivity (Wildman–Crippen MR) is 81.5 cm³/mol. The molecule has 0 atom stereocenters. The molecule has 0 saturated carbocycles. The van der Waals surface area contributed by atoms with E-state index in [1.54, 1.807) is 10.8 Å². The SMILES string of the molecule is CCCn1cc(S(=O)(=O)NCc2nc(C)cs2)cc1CO. The molecule has 2 aromatic rings. The molecule has 0 aromatic carbocycles. The van der Waals surface area contributed by atoms with Crippen molar-refractivity contribution in [3.05, 3.63) is 34.0 Å². The van der Waals surface area contributed by atoms with E-state index in [-0.39, 0.29) is 18.0 Å². The number of nitrogens with zero attached hydrogens (tertiary/aromatic N) is 2. The zero-order valence-electron chi connectivity index (χ0n) is 12.0. The lowest BCUT2D eigenvalue weighted by atomic mass is 10.4. The number of hydrogen-bond acceptors (Lipinski definition) is 5. The van der Waals surface area contributed by atoms with Gasteiger partial charge in [0.25, 0.3) is 0 Å². The number of rotatable bonds is 7. The molecule has 0 bridgehead atoms. The second kappa shape index (κ2) is 6.69. The maximum Gasteiger partial charge on any atom is 0.242 e. The standard InChI is InChI=1S/C13H19N3O3S2/c1-3-4-16-7-12(5-11(16)8-17)21(18,19)14-6-13-15-10(2)9-20-13/h5,7,9,14,17H,3-4,6,8H2,1-2H3. The Balaban J connectivity index is 2.15. The Morgan fingerprint density at radius 2 is 2.24 bits per heavy atom. The second-order valence-electron chi connectivity index (χ2n) is 4.73. The van der Waals surface area contributed by atoms with Gasteiger partial charge in [-0.05, 0) is 19.4 Å². The van der Waals surface area contributed by atoms with Crippen LogP contribution in [0.1, 0.15) is 29.7 Å². The normalized spacial score (nSPS) is 12.0. The van der Waals surface area contributed by atoms with Gasteiger partial charge in [0.2, 0.25) is 10.0 Å². The lowest BCUT2D eigenvalue weighted by Crippen LogP contribution is -2.22. The fourth-order valence-corrected chi connectivity index (χ4v) is 3.83. The van der Waals surface area contributed by atoms with Crippen LogP contribution in [0.3, 0.4) is 0 Å². The minimum absolute atomic E-state index is 0.174. The molecule has 2 heterocycles. The van der Waals surface area contributed by atoms with Gasteiger partial charge < -0.3 is 9.67 Å².